The first kappa shape index (κ1) is 29.9. The number of esters is 1. The summed E-state index contributed by atoms with van der Waals surface area (Å²) < 4.78 is 24.6. The molecular weight excluding hydrogens is 550 g/mol. The van der Waals surface area contributed by atoms with Gasteiger partial charge in [-0.3, -0.25) is 9.55 Å². The number of nitrogens with zero attached hydrogens (tertiary/aromatic N) is 3. The molecule has 9 heteroatoms. The van der Waals surface area contributed by atoms with Crippen molar-refractivity contribution in [2.75, 3.05) is 20.3 Å². The summed E-state index contributed by atoms with van der Waals surface area (Å²) in [5.74, 6) is 6.58. The number of imidazole rings is 1. The number of ether oxygens (including phenoxy) is 4. The zero-order valence-corrected chi connectivity index (χ0v) is 25.0. The van der Waals surface area contributed by atoms with Crippen LogP contribution in [-0.2, 0) is 25.6 Å². The summed E-state index contributed by atoms with van der Waals surface area (Å²) in [6.45, 7) is 3.35. The van der Waals surface area contributed by atoms with Crippen LogP contribution in [0.2, 0.25) is 0 Å². The van der Waals surface area contributed by atoms with Crippen LogP contribution in [0.25, 0.3) is 11.8 Å². The van der Waals surface area contributed by atoms with Gasteiger partial charge in [-0.2, -0.15) is 0 Å². The highest BCUT2D eigenvalue weighted by atomic mass is 32.2. The highest BCUT2D eigenvalue weighted by Gasteiger charge is 2.24. The minimum absolute atomic E-state index is 0.144. The van der Waals surface area contributed by atoms with Gasteiger partial charge in [0, 0.05) is 29.7 Å². The number of aryl methyl sites for hydroxylation is 1. The summed E-state index contributed by atoms with van der Waals surface area (Å²) in [5.41, 5.74) is 4.31. The van der Waals surface area contributed by atoms with Crippen molar-refractivity contribution in [3.63, 3.8) is 0 Å². The maximum Gasteiger partial charge on any atom is 0.330 e. The number of hydrogen-bond donors (Lipinski definition) is 0. The van der Waals surface area contributed by atoms with E-state index in [2.05, 4.69) is 21.4 Å². The Hall–Kier alpha value is -3.58. The van der Waals surface area contributed by atoms with Crippen molar-refractivity contribution in [2.45, 2.75) is 75.2 Å². The van der Waals surface area contributed by atoms with Crippen LogP contribution >= 0.6 is 11.8 Å². The fourth-order valence-electron chi connectivity index (χ4n) is 5.05. The van der Waals surface area contributed by atoms with Crippen molar-refractivity contribution in [2.24, 2.45) is 0 Å². The van der Waals surface area contributed by atoms with Gasteiger partial charge in [0.25, 0.3) is 0 Å². The van der Waals surface area contributed by atoms with Crippen LogP contribution in [-0.4, -0.2) is 52.4 Å². The van der Waals surface area contributed by atoms with Crippen LogP contribution in [0.3, 0.4) is 0 Å². The van der Waals surface area contributed by atoms with Gasteiger partial charge in [0.1, 0.15) is 19.0 Å². The average Bonchev–Trinajstić information content (AvgIpc) is 3.66. The Balaban J connectivity index is 1.36. The summed E-state index contributed by atoms with van der Waals surface area (Å²) >= 11 is 1.78. The van der Waals surface area contributed by atoms with Gasteiger partial charge in [0.2, 0.25) is 0 Å². The van der Waals surface area contributed by atoms with E-state index in [1.165, 1.54) is 38.9 Å². The monoisotopic (exact) mass is 587 g/mol. The summed E-state index contributed by atoms with van der Waals surface area (Å²) in [4.78, 5) is 21.3. The Bertz CT molecular complexity index is 1430. The molecule has 42 heavy (non-hydrogen) atoms. The molecule has 1 atom stereocenters. The number of carbonyl (C=O) groups excluding carboxylic acids is 1. The molecule has 0 bridgehead atoms. The highest BCUT2D eigenvalue weighted by Crippen LogP contribution is 2.37. The number of carbonyl (C=O) groups is 1. The summed E-state index contributed by atoms with van der Waals surface area (Å²) in [5, 5.41) is 1.37. The molecule has 2 aliphatic rings. The van der Waals surface area contributed by atoms with Gasteiger partial charge in [0.05, 0.1) is 30.4 Å². The van der Waals surface area contributed by atoms with Gasteiger partial charge < -0.3 is 18.9 Å². The molecule has 1 aliphatic carbocycles. The van der Waals surface area contributed by atoms with Crippen molar-refractivity contribution >= 4 is 23.8 Å². The number of aromatic nitrogens is 3. The molecule has 220 valence electrons. The Morgan fingerprint density at radius 2 is 2.05 bits per heavy atom. The highest BCUT2D eigenvalue weighted by molar-refractivity contribution is 7.99. The maximum absolute atomic E-state index is 11.9. The van der Waals surface area contributed by atoms with Crippen LogP contribution in [0.1, 0.15) is 67.5 Å². The predicted octanol–water partition coefficient (Wildman–Crippen LogP) is 6.27. The lowest BCUT2D eigenvalue weighted by Crippen LogP contribution is -2.22. The Morgan fingerprint density at radius 3 is 2.79 bits per heavy atom. The third-order valence-electron chi connectivity index (χ3n) is 7.31. The van der Waals surface area contributed by atoms with Gasteiger partial charge in [-0.15, -0.1) is 0 Å². The lowest BCUT2D eigenvalue weighted by Gasteiger charge is -2.21. The van der Waals surface area contributed by atoms with E-state index in [1.54, 1.807) is 24.0 Å². The van der Waals surface area contributed by atoms with E-state index in [4.69, 9.17) is 23.9 Å². The van der Waals surface area contributed by atoms with Gasteiger partial charge in [-0.05, 0) is 81.0 Å². The van der Waals surface area contributed by atoms with Crippen molar-refractivity contribution in [1.29, 1.82) is 0 Å². The van der Waals surface area contributed by atoms with E-state index in [1.807, 2.05) is 43.5 Å². The first-order valence-corrected chi connectivity index (χ1v) is 15.4. The van der Waals surface area contributed by atoms with Gasteiger partial charge in [-0.1, -0.05) is 36.4 Å². The number of pyridine rings is 1. The second-order valence-electron chi connectivity index (χ2n) is 10.3. The molecule has 0 spiro atoms. The van der Waals surface area contributed by atoms with Gasteiger partial charge >= 0.3 is 5.97 Å². The summed E-state index contributed by atoms with van der Waals surface area (Å²) in [6, 6.07) is 9.78. The first-order chi connectivity index (χ1) is 20.6. The number of hydrogen-bond acceptors (Lipinski definition) is 8. The van der Waals surface area contributed by atoms with E-state index in [9.17, 15) is 4.79 Å². The maximum atomic E-state index is 11.9. The second-order valence-corrected chi connectivity index (χ2v) is 11.6. The molecule has 0 N–H and O–H groups in total. The third kappa shape index (κ3) is 8.03. The fraction of sp³-hybridized carbons (Fsp3) is 0.424. The van der Waals surface area contributed by atoms with Crippen molar-refractivity contribution in [3.8, 4) is 23.3 Å². The van der Waals surface area contributed by atoms with Crippen LogP contribution in [0.4, 0.5) is 0 Å². The second kappa shape index (κ2) is 15.1. The van der Waals surface area contributed by atoms with Crippen molar-refractivity contribution in [3.05, 3.63) is 71.3 Å². The molecule has 5 rings (SSSR count). The number of thioether (sulfide) groups is 1. The van der Waals surface area contributed by atoms with E-state index in [0.717, 1.165) is 59.3 Å². The molecule has 1 aromatic carbocycles. The molecule has 0 amide bonds. The third-order valence-corrected chi connectivity index (χ3v) is 8.60. The quantitative estimate of drug-likeness (QED) is 0.156. The van der Waals surface area contributed by atoms with Gasteiger partial charge in [0.15, 0.2) is 11.4 Å². The van der Waals surface area contributed by atoms with Crippen molar-refractivity contribution in [1.82, 2.24) is 14.5 Å². The molecule has 1 saturated carbocycles. The molecule has 8 nitrogen and oxygen atoms in total. The van der Waals surface area contributed by atoms with Crippen LogP contribution < -0.4 is 4.74 Å². The number of methoxy groups -OCH3 is 1. The SMILES string of the molecule is COC(=O)/C=C/c1nc(SC2CCCC2)n(-c2cccnc2)c1COc1ccc(C#CCOC2CCCCO2)c(C)c1. The summed E-state index contributed by atoms with van der Waals surface area (Å²) in [6.07, 6.45) is 14.5. The zero-order valence-electron chi connectivity index (χ0n) is 24.2. The molecular formula is C33H37N3O5S. The molecule has 2 fully saturated rings. The Kier molecular flexibility index (Phi) is 10.7. The van der Waals surface area contributed by atoms with E-state index >= 15 is 0 Å². The zero-order chi connectivity index (χ0) is 29.1. The molecule has 1 unspecified atom stereocenters. The van der Waals surface area contributed by atoms with E-state index in [-0.39, 0.29) is 12.9 Å². The summed E-state index contributed by atoms with van der Waals surface area (Å²) in [7, 11) is 1.36. The average molecular weight is 588 g/mol. The molecule has 3 aromatic rings. The number of benzene rings is 1. The molecule has 0 radical (unpaired) electrons. The van der Waals surface area contributed by atoms with Gasteiger partial charge in [-0.25, -0.2) is 9.78 Å². The Morgan fingerprint density at radius 1 is 1.19 bits per heavy atom. The van der Waals surface area contributed by atoms with Crippen molar-refractivity contribution < 1.29 is 23.7 Å². The minimum Gasteiger partial charge on any atom is -0.487 e. The van der Waals surface area contributed by atoms with Crippen LogP contribution in [0.15, 0.2) is 54.0 Å². The largest absolute Gasteiger partial charge is 0.487 e. The first-order valence-electron chi connectivity index (χ1n) is 14.5. The molecule has 1 aliphatic heterocycles. The normalized spacial score (nSPS) is 17.2. The number of rotatable bonds is 10. The smallest absolute Gasteiger partial charge is 0.330 e. The Labute approximate surface area is 251 Å². The lowest BCUT2D eigenvalue weighted by molar-refractivity contribution is -0.154. The topological polar surface area (TPSA) is 84.7 Å². The molecule has 2 aromatic heterocycles. The predicted molar refractivity (Wildman–Crippen MR) is 162 cm³/mol. The fourth-order valence-corrected chi connectivity index (χ4v) is 6.39. The molecule has 3 heterocycles. The lowest BCUT2D eigenvalue weighted by atomic mass is 10.1. The molecule has 1 saturated heterocycles. The minimum atomic E-state index is -0.438. The van der Waals surface area contributed by atoms with E-state index in [0.29, 0.717) is 17.6 Å². The van der Waals surface area contributed by atoms with Crippen LogP contribution in [0.5, 0.6) is 5.75 Å². The van der Waals surface area contributed by atoms with Crippen LogP contribution in [0, 0.1) is 18.8 Å². The van der Waals surface area contributed by atoms with E-state index < -0.39 is 5.97 Å². The standard InChI is InChI=1S/C33H37N3O5S/c1-24-21-27(15-14-25(24)9-8-20-40-32-13-5-6-19-39-32)41-23-30-29(16-17-31(37)38-2)35-33(42-28-11-3-4-12-28)36(30)26-10-7-18-34-22-26/h7,10,14-18,21-22,28,32H,3-6,11-13,19-20,23H2,1-2H3/b17-16+.